The number of rotatable bonds is 1. The summed E-state index contributed by atoms with van der Waals surface area (Å²) < 4.78 is 26.9. The van der Waals surface area contributed by atoms with Crippen molar-refractivity contribution in [2.24, 2.45) is 5.92 Å². The van der Waals surface area contributed by atoms with E-state index in [4.69, 9.17) is 5.73 Å². The number of nitrogens with zero attached hydrogens (tertiary/aromatic N) is 1. The van der Waals surface area contributed by atoms with Crippen LogP contribution >= 0.6 is 0 Å². The fourth-order valence-corrected chi connectivity index (χ4v) is 3.16. The number of anilines is 2. The quantitative estimate of drug-likeness (QED) is 0.770. The second kappa shape index (κ2) is 4.92. The van der Waals surface area contributed by atoms with Crippen LogP contribution in [0, 0.1) is 17.6 Å². The molecule has 2 fully saturated rings. The van der Waals surface area contributed by atoms with Crippen LogP contribution in [-0.4, -0.2) is 25.0 Å². The molecule has 3 N–H and O–H groups in total. The van der Waals surface area contributed by atoms with Gasteiger partial charge in [0.25, 0.3) is 0 Å². The van der Waals surface area contributed by atoms with E-state index in [0.29, 0.717) is 31.1 Å². The van der Waals surface area contributed by atoms with Crippen LogP contribution in [0.1, 0.15) is 19.3 Å². The molecule has 1 amide bonds. The van der Waals surface area contributed by atoms with E-state index in [2.05, 4.69) is 5.32 Å². The molecule has 0 spiro atoms. The van der Waals surface area contributed by atoms with Gasteiger partial charge in [0, 0.05) is 31.6 Å². The third-order valence-corrected chi connectivity index (χ3v) is 4.24. The van der Waals surface area contributed by atoms with Crippen LogP contribution in [0.3, 0.4) is 0 Å². The Labute approximate surface area is 115 Å². The number of nitrogen functional groups attached to an aromatic ring is 1. The first-order chi connectivity index (χ1) is 9.54. The molecule has 2 unspecified atom stereocenters. The fraction of sp³-hybridized carbons (Fsp3) is 0.500. The Morgan fingerprint density at radius 1 is 1.30 bits per heavy atom. The lowest BCUT2D eigenvalue weighted by molar-refractivity contribution is -0.124. The number of halogens is 2. The van der Waals surface area contributed by atoms with Gasteiger partial charge >= 0.3 is 0 Å². The number of fused-ring (bicyclic) bond motifs is 1. The minimum Gasteiger partial charge on any atom is -0.395 e. The largest absolute Gasteiger partial charge is 0.395 e. The van der Waals surface area contributed by atoms with Crippen molar-refractivity contribution in [1.82, 2.24) is 5.32 Å². The lowest BCUT2D eigenvalue weighted by Crippen LogP contribution is -2.54. The lowest BCUT2D eigenvalue weighted by atomic mass is 9.85. The van der Waals surface area contributed by atoms with E-state index >= 15 is 0 Å². The molecule has 1 aromatic carbocycles. The van der Waals surface area contributed by atoms with Gasteiger partial charge in [-0.05, 0) is 24.8 Å². The number of nitrogens with two attached hydrogens (primary N) is 1. The second-order valence-electron chi connectivity index (χ2n) is 5.53. The van der Waals surface area contributed by atoms with Gasteiger partial charge in [-0.1, -0.05) is 0 Å². The van der Waals surface area contributed by atoms with Gasteiger partial charge in [0.1, 0.15) is 5.82 Å². The molecular formula is C14H17F2N3O. The summed E-state index contributed by atoms with van der Waals surface area (Å²) in [6, 6.07) is 2.25. The molecule has 108 valence electrons. The van der Waals surface area contributed by atoms with Gasteiger partial charge in [0.15, 0.2) is 5.82 Å². The first kappa shape index (κ1) is 13.1. The van der Waals surface area contributed by atoms with Gasteiger partial charge < -0.3 is 16.0 Å². The second-order valence-corrected chi connectivity index (χ2v) is 5.53. The summed E-state index contributed by atoms with van der Waals surface area (Å²) >= 11 is 0. The summed E-state index contributed by atoms with van der Waals surface area (Å²) in [6.45, 7) is 1.30. The van der Waals surface area contributed by atoms with Crippen LogP contribution in [0.25, 0.3) is 0 Å². The number of carbonyl (C=O) groups is 1. The van der Waals surface area contributed by atoms with Crippen LogP contribution in [0.4, 0.5) is 20.2 Å². The predicted octanol–water partition coefficient (Wildman–Crippen LogP) is 1.65. The first-order valence-electron chi connectivity index (χ1n) is 6.83. The molecule has 0 radical (unpaired) electrons. The summed E-state index contributed by atoms with van der Waals surface area (Å²) in [5, 5.41) is 2.98. The van der Waals surface area contributed by atoms with E-state index in [9.17, 15) is 13.6 Å². The summed E-state index contributed by atoms with van der Waals surface area (Å²) in [5.41, 5.74) is 6.12. The molecule has 0 aliphatic carbocycles. The minimum absolute atomic E-state index is 0.00954. The van der Waals surface area contributed by atoms with Gasteiger partial charge in [-0.3, -0.25) is 4.79 Å². The highest BCUT2D eigenvalue weighted by molar-refractivity contribution is 5.77. The maximum atomic E-state index is 13.5. The number of hydrogen-bond acceptors (Lipinski definition) is 3. The van der Waals surface area contributed by atoms with E-state index < -0.39 is 11.6 Å². The van der Waals surface area contributed by atoms with Gasteiger partial charge in [0.2, 0.25) is 5.91 Å². The van der Waals surface area contributed by atoms with Gasteiger partial charge in [0.05, 0.1) is 11.4 Å². The monoisotopic (exact) mass is 281 g/mol. The van der Waals surface area contributed by atoms with Crippen molar-refractivity contribution in [2.45, 2.75) is 25.3 Å². The third kappa shape index (κ3) is 2.30. The Balaban J connectivity index is 1.81. The smallest absolute Gasteiger partial charge is 0.220 e. The van der Waals surface area contributed by atoms with Gasteiger partial charge in [-0.2, -0.15) is 0 Å². The molecule has 4 nitrogen and oxygen atoms in total. The highest BCUT2D eigenvalue weighted by Gasteiger charge is 2.34. The van der Waals surface area contributed by atoms with Gasteiger partial charge in [-0.25, -0.2) is 8.78 Å². The molecule has 2 atom stereocenters. The summed E-state index contributed by atoms with van der Waals surface area (Å²) in [6.07, 6.45) is 2.10. The Kier molecular flexibility index (Phi) is 3.23. The van der Waals surface area contributed by atoms with Gasteiger partial charge in [-0.15, -0.1) is 0 Å². The molecule has 20 heavy (non-hydrogen) atoms. The number of benzene rings is 1. The van der Waals surface area contributed by atoms with Crippen LogP contribution in [0.5, 0.6) is 0 Å². The average molecular weight is 281 g/mol. The normalized spacial score (nSPS) is 26.1. The zero-order chi connectivity index (χ0) is 14.3. The van der Waals surface area contributed by atoms with Crippen LogP contribution in [0.2, 0.25) is 0 Å². The lowest BCUT2D eigenvalue weighted by Gasteiger charge is -2.42. The third-order valence-electron chi connectivity index (χ3n) is 4.24. The first-order valence-corrected chi connectivity index (χ1v) is 6.83. The zero-order valence-corrected chi connectivity index (χ0v) is 11.0. The number of hydrogen-bond donors (Lipinski definition) is 2. The van der Waals surface area contributed by atoms with Crippen molar-refractivity contribution >= 4 is 17.3 Å². The molecule has 3 rings (SSSR count). The molecule has 0 aromatic heterocycles. The van der Waals surface area contributed by atoms with E-state index in [1.54, 1.807) is 0 Å². The number of amides is 1. The maximum Gasteiger partial charge on any atom is 0.220 e. The topological polar surface area (TPSA) is 58.4 Å². The van der Waals surface area contributed by atoms with Crippen molar-refractivity contribution in [3.8, 4) is 0 Å². The molecule has 0 saturated carbocycles. The molecule has 2 aliphatic rings. The van der Waals surface area contributed by atoms with Crippen molar-refractivity contribution < 1.29 is 13.6 Å². The summed E-state index contributed by atoms with van der Waals surface area (Å²) in [4.78, 5) is 13.3. The Morgan fingerprint density at radius 2 is 2.10 bits per heavy atom. The SMILES string of the molecule is Nc1c(F)cc(F)cc1N1CCC2NC(=O)CCC2C1. The minimum atomic E-state index is -0.723. The van der Waals surface area contributed by atoms with Crippen molar-refractivity contribution in [3.05, 3.63) is 23.8 Å². The Hall–Kier alpha value is -1.85. The van der Waals surface area contributed by atoms with Crippen LogP contribution in [0.15, 0.2) is 12.1 Å². The molecule has 2 saturated heterocycles. The Morgan fingerprint density at radius 3 is 2.90 bits per heavy atom. The molecule has 2 heterocycles. The molecule has 2 aliphatic heterocycles. The van der Waals surface area contributed by atoms with E-state index in [1.165, 1.54) is 6.07 Å². The fourth-order valence-electron chi connectivity index (χ4n) is 3.16. The molecule has 0 bridgehead atoms. The predicted molar refractivity (Wildman–Crippen MR) is 72.3 cm³/mol. The van der Waals surface area contributed by atoms with Crippen molar-refractivity contribution in [3.63, 3.8) is 0 Å². The van der Waals surface area contributed by atoms with E-state index in [-0.39, 0.29) is 17.6 Å². The number of piperidine rings is 2. The zero-order valence-electron chi connectivity index (χ0n) is 11.0. The molecular weight excluding hydrogens is 264 g/mol. The number of nitrogens with one attached hydrogen (secondary N) is 1. The van der Waals surface area contributed by atoms with E-state index in [1.807, 2.05) is 4.90 Å². The highest BCUT2D eigenvalue weighted by atomic mass is 19.1. The van der Waals surface area contributed by atoms with Crippen LogP contribution < -0.4 is 16.0 Å². The van der Waals surface area contributed by atoms with Crippen molar-refractivity contribution in [2.75, 3.05) is 23.7 Å². The summed E-state index contributed by atoms with van der Waals surface area (Å²) in [5.74, 6) is -0.937. The summed E-state index contributed by atoms with van der Waals surface area (Å²) in [7, 11) is 0. The highest BCUT2D eigenvalue weighted by Crippen LogP contribution is 2.33. The standard InChI is InChI=1S/C14H17F2N3O/c15-9-5-10(16)14(17)12(6-9)19-4-3-11-8(7-19)1-2-13(20)18-11/h5-6,8,11H,1-4,7,17H2,(H,18,20). The van der Waals surface area contributed by atoms with Crippen LogP contribution in [-0.2, 0) is 4.79 Å². The van der Waals surface area contributed by atoms with E-state index in [0.717, 1.165) is 18.9 Å². The Bertz CT molecular complexity index is 549. The van der Waals surface area contributed by atoms with Crippen molar-refractivity contribution in [1.29, 1.82) is 0 Å². The molecule has 1 aromatic rings. The maximum absolute atomic E-state index is 13.5. The average Bonchev–Trinajstić information content (AvgIpc) is 2.42. The number of carbonyl (C=O) groups excluding carboxylic acids is 1. The molecule has 6 heteroatoms.